The monoisotopic (exact) mass is 232 g/mol. The van der Waals surface area contributed by atoms with E-state index in [2.05, 4.69) is 12.2 Å². The largest absolute Gasteiger partial charge is 0.486 e. The molecule has 0 heterocycles. The third kappa shape index (κ3) is 3.34. The lowest BCUT2D eigenvalue weighted by molar-refractivity contribution is 0.173. The van der Waals surface area contributed by atoms with Crippen molar-refractivity contribution in [1.82, 2.24) is 0 Å². The van der Waals surface area contributed by atoms with E-state index in [0.29, 0.717) is 0 Å². The maximum absolute atomic E-state index is 9.69. The fraction of sp³-hybridized carbons (Fsp3) is 0.467. The number of hydrogen-bond donors (Lipinski definition) is 1. The third-order valence-corrected chi connectivity index (χ3v) is 3.15. The van der Waals surface area contributed by atoms with Crippen molar-refractivity contribution in [2.75, 3.05) is 0 Å². The second kappa shape index (κ2) is 5.87. The van der Waals surface area contributed by atoms with Gasteiger partial charge in [-0.05, 0) is 49.5 Å². The summed E-state index contributed by atoms with van der Waals surface area (Å²) < 4.78 is 5.86. The molecule has 1 aliphatic carbocycles. The zero-order valence-electron chi connectivity index (χ0n) is 10.3. The Morgan fingerprint density at radius 1 is 1.35 bits per heavy atom. The van der Waals surface area contributed by atoms with Gasteiger partial charge in [0.25, 0.3) is 0 Å². The van der Waals surface area contributed by atoms with E-state index in [1.165, 1.54) is 12.8 Å². The molecular weight excluding hydrogens is 212 g/mol. The summed E-state index contributed by atoms with van der Waals surface area (Å²) in [7, 11) is 0. The van der Waals surface area contributed by atoms with E-state index < -0.39 is 0 Å². The molecule has 2 rings (SSSR count). The number of rotatable bonds is 4. The van der Waals surface area contributed by atoms with Gasteiger partial charge in [-0.3, -0.25) is 0 Å². The van der Waals surface area contributed by atoms with E-state index in [1.54, 1.807) is 0 Å². The van der Waals surface area contributed by atoms with Crippen molar-refractivity contribution < 1.29 is 9.84 Å². The number of aliphatic hydroxyl groups is 1. The number of benzene rings is 1. The van der Waals surface area contributed by atoms with Gasteiger partial charge in [-0.25, -0.2) is 0 Å². The molecule has 1 aromatic rings. The minimum atomic E-state index is -0.362. The smallest absolute Gasteiger partial charge is 0.120 e. The lowest BCUT2D eigenvalue weighted by Gasteiger charge is -2.18. The van der Waals surface area contributed by atoms with Gasteiger partial charge in [0.2, 0.25) is 0 Å². The van der Waals surface area contributed by atoms with Gasteiger partial charge >= 0.3 is 0 Å². The highest BCUT2D eigenvalue weighted by Crippen LogP contribution is 2.22. The standard InChI is InChI=1S/C15H20O2/c1-2-15(16)12-8-10-14(11-9-12)17-13-6-4-3-5-7-13/h4,6,8-11,13,15-16H,2-3,5,7H2,1H3. The summed E-state index contributed by atoms with van der Waals surface area (Å²) in [6, 6.07) is 7.76. The third-order valence-electron chi connectivity index (χ3n) is 3.15. The number of aliphatic hydroxyl groups excluding tert-OH is 1. The van der Waals surface area contributed by atoms with Gasteiger partial charge < -0.3 is 9.84 Å². The van der Waals surface area contributed by atoms with Crippen molar-refractivity contribution in [2.45, 2.75) is 44.8 Å². The van der Waals surface area contributed by atoms with Crippen LogP contribution in [0, 0.1) is 0 Å². The Morgan fingerprint density at radius 3 is 2.71 bits per heavy atom. The van der Waals surface area contributed by atoms with Crippen LogP contribution in [-0.2, 0) is 0 Å². The Bertz CT molecular complexity index is 367. The summed E-state index contributed by atoms with van der Waals surface area (Å²) >= 11 is 0. The topological polar surface area (TPSA) is 29.5 Å². The van der Waals surface area contributed by atoms with E-state index in [4.69, 9.17) is 4.74 Å². The molecule has 0 aromatic heterocycles. The van der Waals surface area contributed by atoms with Crippen LogP contribution in [0.2, 0.25) is 0 Å². The molecule has 0 amide bonds. The van der Waals surface area contributed by atoms with Crippen molar-refractivity contribution in [2.24, 2.45) is 0 Å². The van der Waals surface area contributed by atoms with Crippen LogP contribution in [0.5, 0.6) is 5.75 Å². The molecule has 0 fully saturated rings. The zero-order chi connectivity index (χ0) is 12.1. The van der Waals surface area contributed by atoms with Crippen molar-refractivity contribution in [3.63, 3.8) is 0 Å². The molecule has 0 radical (unpaired) electrons. The highest BCUT2D eigenvalue weighted by molar-refractivity contribution is 5.29. The Balaban J connectivity index is 1.97. The van der Waals surface area contributed by atoms with E-state index in [-0.39, 0.29) is 12.2 Å². The van der Waals surface area contributed by atoms with Gasteiger partial charge in [0.1, 0.15) is 11.9 Å². The predicted octanol–water partition coefficient (Wildman–Crippen LogP) is 3.62. The van der Waals surface area contributed by atoms with E-state index >= 15 is 0 Å². The number of ether oxygens (including phenoxy) is 1. The average molecular weight is 232 g/mol. The maximum atomic E-state index is 9.69. The van der Waals surface area contributed by atoms with E-state index in [1.807, 2.05) is 31.2 Å². The average Bonchev–Trinajstić information content (AvgIpc) is 2.40. The van der Waals surface area contributed by atoms with Crippen LogP contribution in [0.25, 0.3) is 0 Å². The minimum Gasteiger partial charge on any atom is -0.486 e. The van der Waals surface area contributed by atoms with Crippen LogP contribution in [0.3, 0.4) is 0 Å². The molecule has 0 saturated heterocycles. The van der Waals surface area contributed by atoms with Crippen molar-refractivity contribution >= 4 is 0 Å². The minimum absolute atomic E-state index is 0.214. The molecule has 1 aromatic carbocycles. The van der Waals surface area contributed by atoms with Gasteiger partial charge in [-0.1, -0.05) is 25.1 Å². The van der Waals surface area contributed by atoms with Crippen LogP contribution in [0.4, 0.5) is 0 Å². The van der Waals surface area contributed by atoms with Crippen molar-refractivity contribution in [3.8, 4) is 5.75 Å². The predicted molar refractivity (Wildman–Crippen MR) is 69.1 cm³/mol. The van der Waals surface area contributed by atoms with Crippen LogP contribution >= 0.6 is 0 Å². The fourth-order valence-electron chi connectivity index (χ4n) is 2.06. The molecule has 1 aliphatic rings. The summed E-state index contributed by atoms with van der Waals surface area (Å²) in [5.74, 6) is 0.883. The zero-order valence-corrected chi connectivity index (χ0v) is 10.3. The molecule has 2 unspecified atom stereocenters. The van der Waals surface area contributed by atoms with Gasteiger partial charge in [-0.2, -0.15) is 0 Å². The van der Waals surface area contributed by atoms with Gasteiger partial charge in [0.05, 0.1) is 6.10 Å². The molecule has 2 atom stereocenters. The highest BCUT2D eigenvalue weighted by Gasteiger charge is 2.10. The second-order valence-electron chi connectivity index (χ2n) is 4.51. The van der Waals surface area contributed by atoms with Gasteiger partial charge in [0, 0.05) is 0 Å². The number of hydrogen-bond acceptors (Lipinski definition) is 2. The molecular formula is C15H20O2. The highest BCUT2D eigenvalue weighted by atomic mass is 16.5. The summed E-state index contributed by atoms with van der Waals surface area (Å²) in [5, 5.41) is 9.69. The van der Waals surface area contributed by atoms with Gasteiger partial charge in [-0.15, -0.1) is 0 Å². The molecule has 2 nitrogen and oxygen atoms in total. The first-order valence-corrected chi connectivity index (χ1v) is 6.41. The Hall–Kier alpha value is -1.28. The summed E-state index contributed by atoms with van der Waals surface area (Å²) in [6.45, 7) is 1.97. The van der Waals surface area contributed by atoms with Gasteiger partial charge in [0.15, 0.2) is 0 Å². The molecule has 0 spiro atoms. The summed E-state index contributed by atoms with van der Waals surface area (Å²) in [4.78, 5) is 0. The normalized spacial score (nSPS) is 21.2. The Kier molecular flexibility index (Phi) is 4.21. The van der Waals surface area contributed by atoms with E-state index in [9.17, 15) is 5.11 Å². The second-order valence-corrected chi connectivity index (χ2v) is 4.51. The Morgan fingerprint density at radius 2 is 2.12 bits per heavy atom. The molecule has 2 heteroatoms. The molecule has 0 bridgehead atoms. The maximum Gasteiger partial charge on any atom is 0.120 e. The lowest BCUT2D eigenvalue weighted by Crippen LogP contribution is -2.15. The first-order valence-electron chi connectivity index (χ1n) is 6.41. The SMILES string of the molecule is CCC(O)c1ccc(OC2C=CCCC2)cc1. The van der Waals surface area contributed by atoms with Crippen molar-refractivity contribution in [3.05, 3.63) is 42.0 Å². The lowest BCUT2D eigenvalue weighted by atomic mass is 10.1. The first-order chi connectivity index (χ1) is 8.29. The van der Waals surface area contributed by atoms with Crippen molar-refractivity contribution in [1.29, 1.82) is 0 Å². The summed E-state index contributed by atoms with van der Waals surface area (Å²) in [6.07, 6.45) is 8.38. The van der Waals surface area contributed by atoms with Crippen LogP contribution in [-0.4, -0.2) is 11.2 Å². The molecule has 17 heavy (non-hydrogen) atoms. The van der Waals surface area contributed by atoms with E-state index in [0.717, 1.165) is 24.2 Å². The Labute approximate surface area is 103 Å². The summed E-state index contributed by atoms with van der Waals surface area (Å²) in [5.41, 5.74) is 0.957. The first kappa shape index (κ1) is 12.2. The number of allylic oxidation sites excluding steroid dienone is 1. The van der Waals surface area contributed by atoms with Crippen LogP contribution in [0.1, 0.15) is 44.3 Å². The van der Waals surface area contributed by atoms with Crippen LogP contribution in [0.15, 0.2) is 36.4 Å². The quantitative estimate of drug-likeness (QED) is 0.803. The molecule has 0 aliphatic heterocycles. The molecule has 1 N–H and O–H groups in total. The molecule has 92 valence electrons. The molecule has 0 saturated carbocycles. The van der Waals surface area contributed by atoms with Crippen LogP contribution < -0.4 is 4.74 Å². The fourth-order valence-corrected chi connectivity index (χ4v) is 2.06.